The fourth-order valence-corrected chi connectivity index (χ4v) is 3.67. The number of likely N-dealkylation sites (tertiary alicyclic amines) is 1. The van der Waals surface area contributed by atoms with E-state index in [0.717, 1.165) is 31.1 Å². The minimum atomic E-state index is -0.721. The van der Waals surface area contributed by atoms with Crippen LogP contribution in [0.15, 0.2) is 30.0 Å². The normalized spacial score (nSPS) is 23.4. The first-order valence-electron chi connectivity index (χ1n) is 8.18. The van der Waals surface area contributed by atoms with Crippen molar-refractivity contribution >= 4 is 11.3 Å². The Hall–Kier alpha value is -1.31. The van der Waals surface area contributed by atoms with E-state index in [2.05, 4.69) is 27.2 Å². The molecule has 3 atom stereocenters. The van der Waals surface area contributed by atoms with E-state index in [1.807, 2.05) is 28.5 Å². The number of alkyl halides is 1. The molecule has 126 valence electrons. The summed E-state index contributed by atoms with van der Waals surface area (Å²) in [6.07, 6.45) is 6.50. The average Bonchev–Trinajstić information content (AvgIpc) is 3.26. The molecule has 23 heavy (non-hydrogen) atoms. The highest BCUT2D eigenvalue weighted by Gasteiger charge is 2.32. The van der Waals surface area contributed by atoms with E-state index in [0.29, 0.717) is 19.0 Å². The maximum atomic E-state index is 13.8. The summed E-state index contributed by atoms with van der Waals surface area (Å²) >= 11 is 1.64. The Balaban J connectivity index is 1.43. The smallest absolute Gasteiger partial charge is 0.114 e. The molecular weight excluding hydrogens is 313 g/mol. The van der Waals surface area contributed by atoms with Gasteiger partial charge in [0.15, 0.2) is 0 Å². The van der Waals surface area contributed by atoms with Crippen LogP contribution in [0.5, 0.6) is 0 Å². The number of rotatable bonds is 8. The van der Waals surface area contributed by atoms with Crippen LogP contribution in [0.2, 0.25) is 0 Å². The van der Waals surface area contributed by atoms with Crippen molar-refractivity contribution in [3.8, 4) is 0 Å². The zero-order valence-electron chi connectivity index (χ0n) is 13.4. The molecule has 0 radical (unpaired) electrons. The quantitative estimate of drug-likeness (QED) is 0.803. The van der Waals surface area contributed by atoms with E-state index in [9.17, 15) is 4.39 Å². The minimum Gasteiger partial charge on any atom is -0.313 e. The SMILES string of the molecule is C[C@H](CCn1cccn1)NC[C@@H]1C[C@H](F)CN1Cc1nccs1. The van der Waals surface area contributed by atoms with Crippen LogP contribution in [0.4, 0.5) is 4.39 Å². The molecule has 7 heteroatoms. The summed E-state index contributed by atoms with van der Waals surface area (Å²) in [5, 5.41) is 10.8. The first-order chi connectivity index (χ1) is 11.2. The number of hydrogen-bond acceptors (Lipinski definition) is 5. The van der Waals surface area contributed by atoms with Gasteiger partial charge in [0.1, 0.15) is 11.2 Å². The highest BCUT2D eigenvalue weighted by molar-refractivity contribution is 7.09. The van der Waals surface area contributed by atoms with Gasteiger partial charge in [0.25, 0.3) is 0 Å². The maximum absolute atomic E-state index is 13.8. The summed E-state index contributed by atoms with van der Waals surface area (Å²) in [6.45, 7) is 5.18. The number of aryl methyl sites for hydroxylation is 1. The highest BCUT2D eigenvalue weighted by Crippen LogP contribution is 2.23. The molecule has 0 unspecified atom stereocenters. The lowest BCUT2D eigenvalue weighted by Gasteiger charge is -2.25. The lowest BCUT2D eigenvalue weighted by atomic mass is 10.1. The Morgan fingerprint density at radius 3 is 3.13 bits per heavy atom. The number of thiazole rings is 1. The molecule has 1 aliphatic rings. The fourth-order valence-electron chi connectivity index (χ4n) is 3.03. The van der Waals surface area contributed by atoms with Crippen molar-refractivity contribution in [2.45, 2.75) is 51.1 Å². The van der Waals surface area contributed by atoms with Crippen LogP contribution < -0.4 is 5.32 Å². The lowest BCUT2D eigenvalue weighted by molar-refractivity contribution is 0.225. The van der Waals surface area contributed by atoms with Crippen LogP contribution in [-0.4, -0.2) is 51.0 Å². The molecule has 0 amide bonds. The fraction of sp³-hybridized carbons (Fsp3) is 0.625. The molecule has 1 N–H and O–H groups in total. The largest absolute Gasteiger partial charge is 0.313 e. The van der Waals surface area contributed by atoms with Crippen molar-refractivity contribution < 1.29 is 4.39 Å². The Labute approximate surface area is 140 Å². The molecule has 0 spiro atoms. The van der Waals surface area contributed by atoms with E-state index in [1.54, 1.807) is 17.5 Å². The molecule has 2 aromatic heterocycles. The monoisotopic (exact) mass is 337 g/mol. The molecule has 2 aromatic rings. The Kier molecular flexibility index (Phi) is 5.75. The topological polar surface area (TPSA) is 46.0 Å². The predicted molar refractivity (Wildman–Crippen MR) is 90.1 cm³/mol. The third-order valence-electron chi connectivity index (χ3n) is 4.35. The van der Waals surface area contributed by atoms with Gasteiger partial charge in [-0.05, 0) is 25.8 Å². The molecule has 0 bridgehead atoms. The van der Waals surface area contributed by atoms with E-state index in [4.69, 9.17) is 0 Å². The molecule has 3 heterocycles. The molecule has 1 saturated heterocycles. The van der Waals surface area contributed by atoms with Crippen LogP contribution in [0.3, 0.4) is 0 Å². The van der Waals surface area contributed by atoms with E-state index in [-0.39, 0.29) is 6.04 Å². The van der Waals surface area contributed by atoms with Crippen LogP contribution in [0.25, 0.3) is 0 Å². The lowest BCUT2D eigenvalue weighted by Crippen LogP contribution is -2.41. The standard InChI is InChI=1S/C16H24FN5S/c1-13(3-7-22-6-2-4-20-22)19-10-15-9-14(17)11-21(15)12-16-18-5-8-23-16/h2,4-6,8,13-15,19H,3,7,9-12H2,1H3/t13-,14+,15+/m1/s1. The first kappa shape index (κ1) is 16.5. The summed E-state index contributed by atoms with van der Waals surface area (Å²) in [5.41, 5.74) is 0. The van der Waals surface area contributed by atoms with Gasteiger partial charge in [0.2, 0.25) is 0 Å². The van der Waals surface area contributed by atoms with Gasteiger partial charge in [-0.3, -0.25) is 9.58 Å². The van der Waals surface area contributed by atoms with Crippen LogP contribution in [-0.2, 0) is 13.1 Å². The van der Waals surface area contributed by atoms with Crippen molar-refractivity contribution in [2.75, 3.05) is 13.1 Å². The maximum Gasteiger partial charge on any atom is 0.114 e. The van der Waals surface area contributed by atoms with Crippen molar-refractivity contribution in [2.24, 2.45) is 0 Å². The van der Waals surface area contributed by atoms with Gasteiger partial charge in [-0.1, -0.05) is 0 Å². The zero-order chi connectivity index (χ0) is 16.1. The molecule has 1 aliphatic heterocycles. The van der Waals surface area contributed by atoms with Crippen molar-refractivity contribution in [1.29, 1.82) is 0 Å². The summed E-state index contributed by atoms with van der Waals surface area (Å²) in [4.78, 5) is 6.54. The van der Waals surface area contributed by atoms with Crippen molar-refractivity contribution in [1.82, 2.24) is 25.0 Å². The third kappa shape index (κ3) is 4.83. The first-order valence-corrected chi connectivity index (χ1v) is 9.06. The van der Waals surface area contributed by atoms with Gasteiger partial charge >= 0.3 is 0 Å². The summed E-state index contributed by atoms with van der Waals surface area (Å²) in [6, 6.07) is 2.58. The van der Waals surface area contributed by atoms with E-state index in [1.165, 1.54) is 0 Å². The number of halogens is 1. The second kappa shape index (κ2) is 7.99. The number of hydrogen-bond donors (Lipinski definition) is 1. The van der Waals surface area contributed by atoms with Crippen LogP contribution in [0, 0.1) is 0 Å². The van der Waals surface area contributed by atoms with Gasteiger partial charge in [0.05, 0.1) is 6.54 Å². The van der Waals surface area contributed by atoms with E-state index < -0.39 is 6.17 Å². The van der Waals surface area contributed by atoms with Crippen LogP contribution in [0.1, 0.15) is 24.8 Å². The summed E-state index contributed by atoms with van der Waals surface area (Å²) in [5.74, 6) is 0. The molecule has 0 aromatic carbocycles. The molecule has 1 fully saturated rings. The number of nitrogens with one attached hydrogen (secondary N) is 1. The molecule has 0 aliphatic carbocycles. The number of nitrogens with zero attached hydrogens (tertiary/aromatic N) is 4. The molecule has 3 rings (SSSR count). The molecule has 0 saturated carbocycles. The summed E-state index contributed by atoms with van der Waals surface area (Å²) in [7, 11) is 0. The number of aromatic nitrogens is 3. The molecule has 5 nitrogen and oxygen atoms in total. The van der Waals surface area contributed by atoms with Crippen molar-refractivity contribution in [3.05, 3.63) is 35.0 Å². The van der Waals surface area contributed by atoms with Crippen molar-refractivity contribution in [3.63, 3.8) is 0 Å². The van der Waals surface area contributed by atoms with Crippen LogP contribution >= 0.6 is 11.3 Å². The Morgan fingerprint density at radius 1 is 1.48 bits per heavy atom. The average molecular weight is 337 g/mol. The minimum absolute atomic E-state index is 0.251. The second-order valence-corrected chi connectivity index (χ2v) is 7.19. The second-order valence-electron chi connectivity index (χ2n) is 6.21. The van der Waals surface area contributed by atoms with Gasteiger partial charge in [-0.15, -0.1) is 11.3 Å². The predicted octanol–water partition coefficient (Wildman–Crippen LogP) is 2.32. The summed E-state index contributed by atoms with van der Waals surface area (Å²) < 4.78 is 15.8. The Bertz CT molecular complexity index is 559. The zero-order valence-corrected chi connectivity index (χ0v) is 14.3. The highest BCUT2D eigenvalue weighted by atomic mass is 32.1. The van der Waals surface area contributed by atoms with Gasteiger partial charge in [-0.25, -0.2) is 9.37 Å². The Morgan fingerprint density at radius 2 is 2.39 bits per heavy atom. The molecular formula is C16H24FN5S. The van der Waals surface area contributed by atoms with Gasteiger partial charge in [-0.2, -0.15) is 5.10 Å². The van der Waals surface area contributed by atoms with Gasteiger partial charge in [0, 0.05) is 55.7 Å². The van der Waals surface area contributed by atoms with Gasteiger partial charge < -0.3 is 5.32 Å². The third-order valence-corrected chi connectivity index (χ3v) is 5.12. The van der Waals surface area contributed by atoms with E-state index >= 15 is 0 Å².